The molecule has 1 aromatic carbocycles. The van der Waals surface area contributed by atoms with Crippen molar-refractivity contribution >= 4 is 11.9 Å². The molecule has 0 saturated carbocycles. The number of guanidine groups is 1. The number of hydrogen-bond acceptors (Lipinski definition) is 3. The first kappa shape index (κ1) is 19.6. The second kappa shape index (κ2) is 8.56. The van der Waals surface area contributed by atoms with E-state index < -0.39 is 5.91 Å². The van der Waals surface area contributed by atoms with Crippen molar-refractivity contribution in [1.82, 2.24) is 10.6 Å². The van der Waals surface area contributed by atoms with Gasteiger partial charge in [0.05, 0.1) is 6.54 Å². The molecule has 0 atom stereocenters. The van der Waals surface area contributed by atoms with Crippen LogP contribution in [0, 0.1) is 0 Å². The Labute approximate surface area is 154 Å². The van der Waals surface area contributed by atoms with Crippen LogP contribution in [-0.4, -0.2) is 25.5 Å². The smallest absolute Gasteiger partial charge is 0.284 e. The van der Waals surface area contributed by atoms with E-state index >= 15 is 0 Å². The van der Waals surface area contributed by atoms with Crippen LogP contribution in [0.4, 0.5) is 0 Å². The Kier molecular flexibility index (Phi) is 6.44. The Hall–Kier alpha value is -2.76. The SMILES string of the molecule is CN=C(NCCc1ccc(C(C)(C)C)cc1)NCc1ccc(C(N)=O)o1. The quantitative estimate of drug-likeness (QED) is 0.548. The fourth-order valence-electron chi connectivity index (χ4n) is 2.49. The molecule has 2 rings (SSSR count). The predicted molar refractivity (Wildman–Crippen MR) is 104 cm³/mol. The molecular formula is C20H28N4O2. The second-order valence-electron chi connectivity index (χ2n) is 7.18. The van der Waals surface area contributed by atoms with Crippen LogP contribution >= 0.6 is 0 Å². The minimum Gasteiger partial charge on any atom is -0.454 e. The Morgan fingerprint density at radius 1 is 1.12 bits per heavy atom. The van der Waals surface area contributed by atoms with Gasteiger partial charge >= 0.3 is 0 Å². The van der Waals surface area contributed by atoms with Gasteiger partial charge in [-0.25, -0.2) is 0 Å². The van der Waals surface area contributed by atoms with Crippen molar-refractivity contribution in [2.75, 3.05) is 13.6 Å². The van der Waals surface area contributed by atoms with Gasteiger partial charge in [0.2, 0.25) is 0 Å². The monoisotopic (exact) mass is 356 g/mol. The van der Waals surface area contributed by atoms with E-state index in [1.54, 1.807) is 19.2 Å². The second-order valence-corrected chi connectivity index (χ2v) is 7.18. The molecular weight excluding hydrogens is 328 g/mol. The summed E-state index contributed by atoms with van der Waals surface area (Å²) in [5.74, 6) is 0.882. The third-order valence-electron chi connectivity index (χ3n) is 4.08. The van der Waals surface area contributed by atoms with E-state index in [0.717, 1.165) is 13.0 Å². The number of furan rings is 1. The summed E-state index contributed by atoms with van der Waals surface area (Å²) in [5, 5.41) is 6.41. The number of aliphatic imine (C=N–C) groups is 1. The molecule has 1 aromatic heterocycles. The van der Waals surface area contributed by atoms with E-state index in [1.165, 1.54) is 11.1 Å². The summed E-state index contributed by atoms with van der Waals surface area (Å²) < 4.78 is 5.33. The van der Waals surface area contributed by atoms with Crippen LogP contribution < -0.4 is 16.4 Å². The fourth-order valence-corrected chi connectivity index (χ4v) is 2.49. The molecule has 0 aliphatic heterocycles. The van der Waals surface area contributed by atoms with Crippen molar-refractivity contribution in [3.8, 4) is 0 Å². The lowest BCUT2D eigenvalue weighted by molar-refractivity contribution is 0.0972. The number of nitrogens with two attached hydrogens (primary N) is 1. The molecule has 4 N–H and O–H groups in total. The molecule has 0 spiro atoms. The summed E-state index contributed by atoms with van der Waals surface area (Å²) >= 11 is 0. The zero-order valence-corrected chi connectivity index (χ0v) is 15.9. The molecule has 1 amide bonds. The van der Waals surface area contributed by atoms with Gasteiger partial charge in [0.15, 0.2) is 11.7 Å². The maximum absolute atomic E-state index is 11.0. The molecule has 6 nitrogen and oxygen atoms in total. The van der Waals surface area contributed by atoms with Crippen molar-refractivity contribution in [2.45, 2.75) is 39.2 Å². The number of benzene rings is 1. The molecule has 26 heavy (non-hydrogen) atoms. The molecule has 0 radical (unpaired) electrons. The maximum Gasteiger partial charge on any atom is 0.284 e. The molecule has 2 aromatic rings. The van der Waals surface area contributed by atoms with Crippen molar-refractivity contribution < 1.29 is 9.21 Å². The van der Waals surface area contributed by atoms with Crippen LogP contribution in [0.1, 0.15) is 48.2 Å². The first-order valence-electron chi connectivity index (χ1n) is 8.72. The minimum atomic E-state index is -0.573. The number of hydrogen-bond donors (Lipinski definition) is 3. The third kappa shape index (κ3) is 5.65. The lowest BCUT2D eigenvalue weighted by Gasteiger charge is -2.19. The van der Waals surface area contributed by atoms with Crippen molar-refractivity contribution in [2.24, 2.45) is 10.7 Å². The van der Waals surface area contributed by atoms with Gasteiger partial charge in [0, 0.05) is 13.6 Å². The predicted octanol–water partition coefficient (Wildman–Crippen LogP) is 2.58. The summed E-state index contributed by atoms with van der Waals surface area (Å²) in [6.07, 6.45) is 0.900. The standard InChI is InChI=1S/C20H28N4O2/c1-20(2,3)15-7-5-14(6-8-15)11-12-23-19(22-4)24-13-16-9-10-17(26-16)18(21)25/h5-10H,11-13H2,1-4H3,(H2,21,25)(H2,22,23,24). The highest BCUT2D eigenvalue weighted by Gasteiger charge is 2.12. The zero-order valence-electron chi connectivity index (χ0n) is 15.9. The van der Waals surface area contributed by atoms with E-state index in [4.69, 9.17) is 10.2 Å². The number of amides is 1. The molecule has 0 saturated heterocycles. The molecule has 6 heteroatoms. The highest BCUT2D eigenvalue weighted by Crippen LogP contribution is 2.22. The summed E-state index contributed by atoms with van der Waals surface area (Å²) in [5.41, 5.74) is 7.95. The van der Waals surface area contributed by atoms with E-state index in [2.05, 4.69) is 60.7 Å². The van der Waals surface area contributed by atoms with E-state index in [9.17, 15) is 4.79 Å². The Bertz CT molecular complexity index is 755. The summed E-state index contributed by atoms with van der Waals surface area (Å²) in [7, 11) is 1.71. The van der Waals surface area contributed by atoms with Gasteiger partial charge < -0.3 is 20.8 Å². The van der Waals surface area contributed by atoms with E-state index in [-0.39, 0.29) is 11.2 Å². The van der Waals surface area contributed by atoms with Crippen molar-refractivity contribution in [3.05, 3.63) is 59.0 Å². The highest BCUT2D eigenvalue weighted by atomic mass is 16.3. The van der Waals surface area contributed by atoms with Crippen LogP contribution in [0.25, 0.3) is 0 Å². The van der Waals surface area contributed by atoms with Crippen LogP contribution in [-0.2, 0) is 18.4 Å². The van der Waals surface area contributed by atoms with Crippen LogP contribution in [0.2, 0.25) is 0 Å². The van der Waals surface area contributed by atoms with E-state index in [1.807, 2.05) is 0 Å². The van der Waals surface area contributed by atoms with Gasteiger partial charge in [-0.15, -0.1) is 0 Å². The molecule has 1 heterocycles. The van der Waals surface area contributed by atoms with Crippen molar-refractivity contribution in [1.29, 1.82) is 0 Å². The number of primary amides is 1. The van der Waals surface area contributed by atoms with Gasteiger partial charge in [-0.05, 0) is 35.1 Å². The highest BCUT2D eigenvalue weighted by molar-refractivity contribution is 5.89. The Morgan fingerprint density at radius 3 is 2.35 bits per heavy atom. The first-order valence-corrected chi connectivity index (χ1v) is 8.72. The first-order chi connectivity index (χ1) is 12.3. The largest absolute Gasteiger partial charge is 0.454 e. The number of carbonyl (C=O) groups is 1. The maximum atomic E-state index is 11.0. The molecule has 0 aliphatic rings. The molecule has 0 unspecified atom stereocenters. The normalized spacial score (nSPS) is 12.1. The molecule has 0 aliphatic carbocycles. The molecule has 140 valence electrons. The average Bonchev–Trinajstić information content (AvgIpc) is 3.07. The number of nitrogens with zero attached hydrogens (tertiary/aromatic N) is 1. The topological polar surface area (TPSA) is 92.6 Å². The van der Waals surface area contributed by atoms with Gasteiger partial charge in [0.25, 0.3) is 5.91 Å². The summed E-state index contributed by atoms with van der Waals surface area (Å²) in [6, 6.07) is 12.0. The fraction of sp³-hybridized carbons (Fsp3) is 0.400. The summed E-state index contributed by atoms with van der Waals surface area (Å²) in [6.45, 7) is 7.83. The van der Waals surface area contributed by atoms with Gasteiger partial charge in [0.1, 0.15) is 5.76 Å². The van der Waals surface area contributed by atoms with Crippen LogP contribution in [0.15, 0.2) is 45.8 Å². The van der Waals surface area contributed by atoms with Crippen LogP contribution in [0.5, 0.6) is 0 Å². The minimum absolute atomic E-state index is 0.156. The van der Waals surface area contributed by atoms with Gasteiger partial charge in [-0.2, -0.15) is 0 Å². The number of nitrogens with one attached hydrogen (secondary N) is 2. The van der Waals surface area contributed by atoms with Gasteiger partial charge in [-0.1, -0.05) is 45.0 Å². The van der Waals surface area contributed by atoms with Crippen LogP contribution in [0.3, 0.4) is 0 Å². The zero-order chi connectivity index (χ0) is 19.2. The number of carbonyl (C=O) groups excluding carboxylic acids is 1. The Morgan fingerprint density at radius 2 is 1.81 bits per heavy atom. The lowest BCUT2D eigenvalue weighted by Crippen LogP contribution is -2.37. The van der Waals surface area contributed by atoms with Gasteiger partial charge in [-0.3, -0.25) is 9.79 Å². The molecule has 0 bridgehead atoms. The number of rotatable bonds is 6. The lowest BCUT2D eigenvalue weighted by atomic mass is 9.86. The molecule has 0 fully saturated rings. The van der Waals surface area contributed by atoms with Crippen molar-refractivity contribution in [3.63, 3.8) is 0 Å². The summed E-state index contributed by atoms with van der Waals surface area (Å²) in [4.78, 5) is 15.2. The average molecular weight is 356 g/mol. The van der Waals surface area contributed by atoms with E-state index in [0.29, 0.717) is 18.3 Å². The third-order valence-corrected chi connectivity index (χ3v) is 4.08. The Balaban J connectivity index is 1.78.